The third kappa shape index (κ3) is 4.13. The summed E-state index contributed by atoms with van der Waals surface area (Å²) in [6.45, 7) is 4.96. The summed E-state index contributed by atoms with van der Waals surface area (Å²) in [5, 5.41) is 4.47. The molecule has 6 heteroatoms. The zero-order valence-corrected chi connectivity index (χ0v) is 17.3. The lowest BCUT2D eigenvalue weighted by atomic mass is 9.98. The van der Waals surface area contributed by atoms with Crippen molar-refractivity contribution >= 4 is 17.3 Å². The number of benzene rings is 1. The first-order valence-corrected chi connectivity index (χ1v) is 11.1. The molecule has 3 atom stereocenters. The SMILES string of the molecule is CC(CN1C(=O)COc2ccccc21)CN1C2CCC1CC(=NOCC1CC1)C2. The van der Waals surface area contributed by atoms with Crippen molar-refractivity contribution in [2.45, 2.75) is 57.5 Å². The van der Waals surface area contributed by atoms with Crippen molar-refractivity contribution in [3.8, 4) is 5.75 Å². The molecule has 2 saturated heterocycles. The number of para-hydroxylation sites is 2. The van der Waals surface area contributed by atoms with Gasteiger partial charge in [0.05, 0.1) is 11.4 Å². The summed E-state index contributed by atoms with van der Waals surface area (Å²) in [5.41, 5.74) is 2.15. The number of carbonyl (C=O) groups excluding carboxylic acids is 1. The van der Waals surface area contributed by atoms with Gasteiger partial charge in [0.1, 0.15) is 12.4 Å². The highest BCUT2D eigenvalue weighted by atomic mass is 16.6. The summed E-state index contributed by atoms with van der Waals surface area (Å²) in [6.07, 6.45) is 7.17. The molecule has 3 heterocycles. The van der Waals surface area contributed by atoms with E-state index in [9.17, 15) is 4.79 Å². The van der Waals surface area contributed by atoms with Crippen LogP contribution in [0.5, 0.6) is 5.75 Å². The number of nitrogens with zero attached hydrogens (tertiary/aromatic N) is 3. The van der Waals surface area contributed by atoms with Gasteiger partial charge in [-0.05, 0) is 49.7 Å². The molecule has 0 radical (unpaired) electrons. The molecule has 3 fully saturated rings. The Labute approximate surface area is 172 Å². The number of oxime groups is 1. The van der Waals surface area contributed by atoms with Crippen molar-refractivity contribution in [1.29, 1.82) is 0 Å². The molecule has 2 bridgehead atoms. The summed E-state index contributed by atoms with van der Waals surface area (Å²) in [6, 6.07) is 8.99. The van der Waals surface area contributed by atoms with E-state index in [4.69, 9.17) is 9.57 Å². The van der Waals surface area contributed by atoms with E-state index in [-0.39, 0.29) is 12.5 Å². The van der Waals surface area contributed by atoms with Crippen LogP contribution in [0.15, 0.2) is 29.4 Å². The number of ether oxygens (including phenoxy) is 1. The molecule has 0 aromatic heterocycles. The summed E-state index contributed by atoms with van der Waals surface area (Å²) in [7, 11) is 0. The van der Waals surface area contributed by atoms with Crippen molar-refractivity contribution < 1.29 is 14.4 Å². The minimum atomic E-state index is 0.0550. The standard InChI is InChI=1S/C23H31N3O3/c1-16(13-26-21-4-2-3-5-22(21)28-15-23(26)27)12-25-19-8-9-20(25)11-18(10-19)24-29-14-17-6-7-17/h2-5,16-17,19-20H,6-15H2,1H3. The zero-order valence-electron chi connectivity index (χ0n) is 17.3. The number of amides is 1. The van der Waals surface area contributed by atoms with E-state index in [0.29, 0.717) is 18.0 Å². The van der Waals surface area contributed by atoms with Crippen molar-refractivity contribution in [3.63, 3.8) is 0 Å². The summed E-state index contributed by atoms with van der Waals surface area (Å²) < 4.78 is 5.58. The van der Waals surface area contributed by atoms with Crippen LogP contribution in [-0.4, -0.2) is 54.9 Å². The topological polar surface area (TPSA) is 54.4 Å². The molecule has 0 N–H and O–H groups in total. The van der Waals surface area contributed by atoms with Crippen LogP contribution in [-0.2, 0) is 9.63 Å². The third-order valence-electron chi connectivity index (χ3n) is 6.74. The molecule has 4 aliphatic rings. The Morgan fingerprint density at radius 3 is 2.66 bits per heavy atom. The lowest BCUT2D eigenvalue weighted by Gasteiger charge is -2.38. The lowest BCUT2D eigenvalue weighted by Crippen LogP contribution is -2.48. The van der Waals surface area contributed by atoms with Crippen LogP contribution in [0.25, 0.3) is 0 Å². The first kappa shape index (κ1) is 18.9. The van der Waals surface area contributed by atoms with Gasteiger partial charge in [0, 0.05) is 38.0 Å². The summed E-state index contributed by atoms with van der Waals surface area (Å²) >= 11 is 0. The maximum Gasteiger partial charge on any atom is 0.265 e. The van der Waals surface area contributed by atoms with Crippen molar-refractivity contribution in [1.82, 2.24) is 4.90 Å². The van der Waals surface area contributed by atoms with E-state index in [1.54, 1.807) is 0 Å². The van der Waals surface area contributed by atoms with Crippen LogP contribution in [0.4, 0.5) is 5.69 Å². The smallest absolute Gasteiger partial charge is 0.265 e. The molecule has 1 aliphatic carbocycles. The second-order valence-electron chi connectivity index (χ2n) is 9.25. The highest BCUT2D eigenvalue weighted by molar-refractivity contribution is 5.97. The van der Waals surface area contributed by atoms with E-state index < -0.39 is 0 Å². The molecule has 3 aliphatic heterocycles. The number of fused-ring (bicyclic) bond motifs is 3. The Balaban J connectivity index is 1.18. The van der Waals surface area contributed by atoms with Crippen LogP contribution in [0.3, 0.4) is 0 Å². The van der Waals surface area contributed by atoms with Crippen LogP contribution < -0.4 is 9.64 Å². The Hall–Kier alpha value is -2.08. The van der Waals surface area contributed by atoms with Gasteiger partial charge in [0.2, 0.25) is 0 Å². The Bertz CT molecular complexity index is 775. The quantitative estimate of drug-likeness (QED) is 0.661. The highest BCUT2D eigenvalue weighted by Gasteiger charge is 2.40. The number of piperidine rings is 1. The van der Waals surface area contributed by atoms with Crippen LogP contribution in [0, 0.1) is 11.8 Å². The Morgan fingerprint density at radius 2 is 1.90 bits per heavy atom. The maximum absolute atomic E-state index is 12.5. The minimum absolute atomic E-state index is 0.0550. The molecule has 29 heavy (non-hydrogen) atoms. The van der Waals surface area contributed by atoms with Crippen molar-refractivity contribution in [2.24, 2.45) is 17.0 Å². The number of hydrogen-bond donors (Lipinski definition) is 0. The fourth-order valence-electron chi connectivity index (χ4n) is 5.06. The molecule has 1 saturated carbocycles. The van der Waals surface area contributed by atoms with Crippen molar-refractivity contribution in [3.05, 3.63) is 24.3 Å². The number of carbonyl (C=O) groups is 1. The Kier molecular flexibility index (Phi) is 5.20. The number of hydrogen-bond acceptors (Lipinski definition) is 5. The van der Waals surface area contributed by atoms with Crippen LogP contribution >= 0.6 is 0 Å². The van der Waals surface area contributed by atoms with Gasteiger partial charge in [-0.15, -0.1) is 0 Å². The van der Waals surface area contributed by atoms with Gasteiger partial charge < -0.3 is 14.5 Å². The molecule has 1 amide bonds. The molecule has 6 nitrogen and oxygen atoms in total. The Morgan fingerprint density at radius 1 is 1.14 bits per heavy atom. The van der Waals surface area contributed by atoms with Crippen molar-refractivity contribution in [2.75, 3.05) is 31.2 Å². The molecule has 1 aromatic rings. The summed E-state index contributed by atoms with van der Waals surface area (Å²) in [5.74, 6) is 2.02. The van der Waals surface area contributed by atoms with E-state index in [1.807, 2.05) is 29.2 Å². The van der Waals surface area contributed by atoms with Gasteiger partial charge in [-0.2, -0.15) is 0 Å². The van der Waals surface area contributed by atoms with Gasteiger partial charge in [0.25, 0.3) is 5.91 Å². The third-order valence-corrected chi connectivity index (χ3v) is 6.74. The predicted molar refractivity (Wildman–Crippen MR) is 112 cm³/mol. The van der Waals surface area contributed by atoms with E-state index in [2.05, 4.69) is 17.0 Å². The number of anilines is 1. The minimum Gasteiger partial charge on any atom is -0.482 e. The molecule has 156 valence electrons. The van der Waals surface area contributed by atoms with Crippen LogP contribution in [0.1, 0.15) is 45.4 Å². The average molecular weight is 398 g/mol. The monoisotopic (exact) mass is 397 g/mol. The molecular formula is C23H31N3O3. The van der Waals surface area contributed by atoms with E-state index >= 15 is 0 Å². The van der Waals surface area contributed by atoms with Gasteiger partial charge in [-0.3, -0.25) is 9.69 Å². The number of rotatable bonds is 7. The average Bonchev–Trinajstić information content (AvgIpc) is 3.51. The predicted octanol–water partition coefficient (Wildman–Crippen LogP) is 3.46. The van der Waals surface area contributed by atoms with E-state index in [1.165, 1.54) is 31.4 Å². The molecule has 1 aromatic carbocycles. The maximum atomic E-state index is 12.5. The lowest BCUT2D eigenvalue weighted by molar-refractivity contribution is -0.121. The zero-order chi connectivity index (χ0) is 19.8. The first-order valence-electron chi connectivity index (χ1n) is 11.1. The van der Waals surface area contributed by atoms with Gasteiger partial charge in [-0.1, -0.05) is 24.2 Å². The first-order chi connectivity index (χ1) is 14.2. The van der Waals surface area contributed by atoms with E-state index in [0.717, 1.165) is 49.9 Å². The molecule has 5 rings (SSSR count). The second-order valence-corrected chi connectivity index (χ2v) is 9.25. The molecule has 3 unspecified atom stereocenters. The van der Waals surface area contributed by atoms with Crippen LogP contribution in [0.2, 0.25) is 0 Å². The largest absolute Gasteiger partial charge is 0.482 e. The van der Waals surface area contributed by atoms with Gasteiger partial charge in [0.15, 0.2) is 6.61 Å². The van der Waals surface area contributed by atoms with Gasteiger partial charge in [-0.25, -0.2) is 0 Å². The molecular weight excluding hydrogens is 366 g/mol. The fraction of sp³-hybridized carbons (Fsp3) is 0.652. The normalized spacial score (nSPS) is 27.4. The highest BCUT2D eigenvalue weighted by Crippen LogP contribution is 2.36. The summed E-state index contributed by atoms with van der Waals surface area (Å²) in [4.78, 5) is 22.7. The molecule has 0 spiro atoms. The van der Waals surface area contributed by atoms with Gasteiger partial charge >= 0.3 is 0 Å². The second kappa shape index (κ2) is 7.98. The fourth-order valence-corrected chi connectivity index (χ4v) is 5.06.